The number of carbonyl (C=O) groups excluding carboxylic acids is 4. The second kappa shape index (κ2) is 7.28. The van der Waals surface area contributed by atoms with Crippen LogP contribution in [0.15, 0.2) is 46.4 Å². The number of likely N-dealkylation sites (N-methyl/N-ethyl adjacent to an activating group) is 1. The lowest BCUT2D eigenvalue weighted by Gasteiger charge is -2.21. The topological polar surface area (TPSA) is 106 Å². The van der Waals surface area contributed by atoms with E-state index in [0.717, 1.165) is 4.90 Å². The first-order valence-corrected chi connectivity index (χ1v) is 8.13. The highest BCUT2D eigenvalue weighted by Gasteiger charge is 2.33. The van der Waals surface area contributed by atoms with E-state index in [1.807, 2.05) is 0 Å². The van der Waals surface area contributed by atoms with Gasteiger partial charge in [-0.15, -0.1) is 0 Å². The second-order valence-electron chi connectivity index (χ2n) is 5.68. The van der Waals surface area contributed by atoms with Crippen LogP contribution in [0.4, 0.5) is 4.79 Å². The molecule has 1 aromatic heterocycles. The van der Waals surface area contributed by atoms with Crippen LogP contribution < -0.4 is 5.32 Å². The summed E-state index contributed by atoms with van der Waals surface area (Å²) < 4.78 is 10.6. The minimum atomic E-state index is -0.778. The predicted octanol–water partition coefficient (Wildman–Crippen LogP) is 2.21. The van der Waals surface area contributed by atoms with E-state index in [2.05, 4.69) is 5.32 Å². The van der Waals surface area contributed by atoms with Crippen molar-refractivity contribution in [2.75, 3.05) is 13.7 Å². The Labute approximate surface area is 154 Å². The summed E-state index contributed by atoms with van der Waals surface area (Å²) in [6.07, 6.45) is 1.27. The molecule has 0 bridgehead atoms. The number of benzene rings is 1. The Morgan fingerprint density at radius 3 is 2.52 bits per heavy atom. The molecule has 8 heteroatoms. The van der Waals surface area contributed by atoms with Gasteiger partial charge >= 0.3 is 12.0 Å². The first-order valence-electron chi connectivity index (χ1n) is 8.13. The van der Waals surface area contributed by atoms with Gasteiger partial charge in [-0.1, -0.05) is 12.1 Å². The summed E-state index contributed by atoms with van der Waals surface area (Å²) >= 11 is 0. The summed E-state index contributed by atoms with van der Waals surface area (Å²) in [4.78, 5) is 47.8. The van der Waals surface area contributed by atoms with Gasteiger partial charge in [0.15, 0.2) is 0 Å². The van der Waals surface area contributed by atoms with Crippen LogP contribution >= 0.6 is 0 Å². The summed E-state index contributed by atoms with van der Waals surface area (Å²) in [5, 5.41) is 2.07. The average molecular weight is 368 g/mol. The van der Waals surface area contributed by atoms with Gasteiger partial charge in [0.2, 0.25) is 0 Å². The lowest BCUT2D eigenvalue weighted by atomic mass is 10.1. The fourth-order valence-corrected chi connectivity index (χ4v) is 2.46. The van der Waals surface area contributed by atoms with Crippen molar-refractivity contribution in [1.29, 1.82) is 0 Å². The van der Waals surface area contributed by atoms with Crippen LogP contribution in [0.25, 0.3) is 17.4 Å². The summed E-state index contributed by atoms with van der Waals surface area (Å²) in [6, 6.07) is 9.13. The Morgan fingerprint density at radius 2 is 1.85 bits per heavy atom. The molecule has 0 aliphatic carbocycles. The molecule has 0 atom stereocenters. The Bertz CT molecular complexity index is 955. The molecule has 2 aromatic rings. The Kier molecular flexibility index (Phi) is 4.89. The largest absolute Gasteiger partial charge is 0.462 e. The van der Waals surface area contributed by atoms with Crippen LogP contribution in [-0.4, -0.2) is 42.4 Å². The molecule has 1 aromatic carbocycles. The molecule has 1 fully saturated rings. The number of esters is 1. The van der Waals surface area contributed by atoms with Gasteiger partial charge in [-0.05, 0) is 37.3 Å². The average Bonchev–Trinajstić information content (AvgIpc) is 3.12. The molecule has 138 valence electrons. The maximum atomic E-state index is 12.1. The van der Waals surface area contributed by atoms with Crippen molar-refractivity contribution in [3.05, 3.63) is 53.3 Å². The van der Waals surface area contributed by atoms with Crippen LogP contribution in [0.3, 0.4) is 0 Å². The molecule has 0 radical (unpaired) electrons. The first-order chi connectivity index (χ1) is 12.9. The molecule has 1 aliphatic heterocycles. The number of rotatable bonds is 4. The number of nitrogens with one attached hydrogen (secondary N) is 1. The van der Waals surface area contributed by atoms with Gasteiger partial charge in [0.05, 0.1) is 12.2 Å². The molecule has 2 heterocycles. The van der Waals surface area contributed by atoms with Crippen LogP contribution in [0.2, 0.25) is 0 Å². The van der Waals surface area contributed by atoms with Crippen molar-refractivity contribution in [2.24, 2.45) is 0 Å². The Morgan fingerprint density at radius 1 is 1.15 bits per heavy atom. The minimum Gasteiger partial charge on any atom is -0.462 e. The van der Waals surface area contributed by atoms with E-state index in [1.54, 1.807) is 43.3 Å². The molecule has 3 rings (SSSR count). The first kappa shape index (κ1) is 18.1. The molecular weight excluding hydrogens is 352 g/mol. The van der Waals surface area contributed by atoms with Crippen molar-refractivity contribution in [2.45, 2.75) is 6.92 Å². The number of barbiturate groups is 1. The van der Waals surface area contributed by atoms with Gasteiger partial charge in [-0.3, -0.25) is 19.8 Å². The third-order valence-electron chi connectivity index (χ3n) is 3.90. The highest BCUT2D eigenvalue weighted by Crippen LogP contribution is 2.24. The molecule has 4 amide bonds. The number of hydrogen-bond acceptors (Lipinski definition) is 6. The van der Waals surface area contributed by atoms with Crippen molar-refractivity contribution >= 4 is 29.9 Å². The number of nitrogens with zero attached hydrogens (tertiary/aromatic N) is 1. The van der Waals surface area contributed by atoms with Gasteiger partial charge in [-0.2, -0.15) is 0 Å². The molecule has 8 nitrogen and oxygen atoms in total. The van der Waals surface area contributed by atoms with E-state index in [-0.39, 0.29) is 11.3 Å². The van der Waals surface area contributed by atoms with Gasteiger partial charge in [0, 0.05) is 12.6 Å². The maximum Gasteiger partial charge on any atom is 0.338 e. The summed E-state index contributed by atoms with van der Waals surface area (Å²) in [5.41, 5.74) is 0.932. The summed E-state index contributed by atoms with van der Waals surface area (Å²) in [7, 11) is 1.27. The molecule has 0 saturated carbocycles. The molecule has 1 saturated heterocycles. The van der Waals surface area contributed by atoms with E-state index in [9.17, 15) is 19.2 Å². The SMILES string of the molecule is CCOC(=O)c1ccc(-c2ccc(/C=C3\C(=O)NC(=O)N(C)C3=O)o2)cc1. The fraction of sp³-hybridized carbons (Fsp3) is 0.158. The third kappa shape index (κ3) is 3.64. The second-order valence-corrected chi connectivity index (χ2v) is 5.68. The smallest absolute Gasteiger partial charge is 0.338 e. The van der Waals surface area contributed by atoms with Crippen LogP contribution in [0, 0.1) is 0 Å². The number of hydrogen-bond donors (Lipinski definition) is 1. The van der Waals surface area contributed by atoms with Crippen LogP contribution in [-0.2, 0) is 14.3 Å². The van der Waals surface area contributed by atoms with E-state index >= 15 is 0 Å². The predicted molar refractivity (Wildman–Crippen MR) is 94.4 cm³/mol. The third-order valence-corrected chi connectivity index (χ3v) is 3.90. The monoisotopic (exact) mass is 368 g/mol. The minimum absolute atomic E-state index is 0.198. The lowest BCUT2D eigenvalue weighted by Crippen LogP contribution is -2.52. The van der Waals surface area contributed by atoms with Crippen molar-refractivity contribution in [3.63, 3.8) is 0 Å². The Balaban J connectivity index is 1.83. The number of ether oxygens (including phenoxy) is 1. The van der Waals surface area contributed by atoms with Crippen LogP contribution in [0.5, 0.6) is 0 Å². The highest BCUT2D eigenvalue weighted by molar-refractivity contribution is 6.30. The zero-order valence-electron chi connectivity index (χ0n) is 14.6. The zero-order chi connectivity index (χ0) is 19.6. The zero-order valence-corrected chi connectivity index (χ0v) is 14.6. The number of furan rings is 1. The number of amides is 4. The van der Waals surface area contributed by atoms with E-state index < -0.39 is 23.8 Å². The molecule has 0 unspecified atom stereocenters. The van der Waals surface area contributed by atoms with Gasteiger partial charge in [-0.25, -0.2) is 9.59 Å². The lowest BCUT2D eigenvalue weighted by molar-refractivity contribution is -0.129. The quantitative estimate of drug-likeness (QED) is 0.504. The highest BCUT2D eigenvalue weighted by atomic mass is 16.5. The molecular formula is C19H16N2O6. The Hall–Kier alpha value is -3.68. The van der Waals surface area contributed by atoms with Crippen molar-refractivity contribution in [1.82, 2.24) is 10.2 Å². The number of imide groups is 2. The number of carbonyl (C=O) groups is 4. The molecule has 0 spiro atoms. The molecule has 1 N–H and O–H groups in total. The van der Waals surface area contributed by atoms with Gasteiger partial charge in [0.1, 0.15) is 17.1 Å². The van der Waals surface area contributed by atoms with E-state index in [1.165, 1.54) is 13.1 Å². The maximum absolute atomic E-state index is 12.1. The number of urea groups is 1. The molecule has 27 heavy (non-hydrogen) atoms. The van der Waals surface area contributed by atoms with Crippen molar-refractivity contribution < 1.29 is 28.3 Å². The van der Waals surface area contributed by atoms with E-state index in [4.69, 9.17) is 9.15 Å². The standard InChI is InChI=1S/C19H16N2O6/c1-3-26-18(24)12-6-4-11(5-7-12)15-9-8-13(27-15)10-14-16(22)20-19(25)21(2)17(14)23/h4-10H,3H2,1-2H3,(H,20,22,25)/b14-10+. The van der Waals surface area contributed by atoms with Crippen LogP contribution in [0.1, 0.15) is 23.0 Å². The van der Waals surface area contributed by atoms with Gasteiger partial charge in [0.25, 0.3) is 11.8 Å². The molecule has 1 aliphatic rings. The fourth-order valence-electron chi connectivity index (χ4n) is 2.46. The summed E-state index contributed by atoms with van der Waals surface area (Å²) in [6.45, 7) is 2.03. The summed E-state index contributed by atoms with van der Waals surface area (Å²) in [5.74, 6) is -1.12. The normalized spacial score (nSPS) is 15.9. The van der Waals surface area contributed by atoms with Crippen molar-refractivity contribution in [3.8, 4) is 11.3 Å². The van der Waals surface area contributed by atoms with E-state index in [0.29, 0.717) is 23.5 Å². The van der Waals surface area contributed by atoms with Gasteiger partial charge < -0.3 is 9.15 Å².